The molecular formula is C13H15Cl2N3O2S. The Morgan fingerprint density at radius 2 is 2.10 bits per heavy atom. The Morgan fingerprint density at radius 3 is 2.71 bits per heavy atom. The second kappa shape index (κ2) is 6.79. The van der Waals surface area contributed by atoms with Crippen molar-refractivity contribution in [1.29, 1.82) is 0 Å². The fourth-order valence-electron chi connectivity index (χ4n) is 1.78. The summed E-state index contributed by atoms with van der Waals surface area (Å²) < 4.78 is 26.6. The molecule has 5 nitrogen and oxygen atoms in total. The Bertz CT molecular complexity index is 729. The van der Waals surface area contributed by atoms with E-state index in [4.69, 9.17) is 23.2 Å². The fraction of sp³-hybridized carbons (Fsp3) is 0.308. The van der Waals surface area contributed by atoms with Gasteiger partial charge in [-0.05, 0) is 24.1 Å². The maximum atomic E-state index is 12.1. The van der Waals surface area contributed by atoms with Crippen LogP contribution in [0.4, 0.5) is 0 Å². The van der Waals surface area contributed by atoms with E-state index in [9.17, 15) is 8.42 Å². The first-order chi connectivity index (χ1) is 9.92. The van der Waals surface area contributed by atoms with Crippen LogP contribution in [0.3, 0.4) is 0 Å². The second-order valence-electron chi connectivity index (χ2n) is 4.43. The maximum Gasteiger partial charge on any atom is 0.257 e. The minimum absolute atomic E-state index is 0.0709. The first-order valence-electron chi connectivity index (χ1n) is 6.40. The van der Waals surface area contributed by atoms with Crippen molar-refractivity contribution < 1.29 is 8.42 Å². The van der Waals surface area contributed by atoms with Crippen LogP contribution in [0.25, 0.3) is 0 Å². The summed E-state index contributed by atoms with van der Waals surface area (Å²) in [7, 11) is -3.58. The molecule has 2 N–H and O–H groups in total. The average molecular weight is 348 g/mol. The lowest BCUT2D eigenvalue weighted by molar-refractivity contribution is 0.578. The van der Waals surface area contributed by atoms with Crippen LogP contribution in [0, 0.1) is 0 Å². The Morgan fingerprint density at radius 1 is 1.33 bits per heavy atom. The number of aromatic nitrogens is 2. The standard InChI is InChI=1S/C13H15Cl2N3O2S/c1-2-12-16-8-13(18-12)21(19,20)17-6-5-9-3-4-10(14)7-11(9)15/h3-4,7-8,17H,2,5-6H2,1H3,(H,16,18). The molecule has 2 aromatic rings. The summed E-state index contributed by atoms with van der Waals surface area (Å²) in [5.41, 5.74) is 0.836. The number of H-pyrrole nitrogens is 1. The molecular weight excluding hydrogens is 333 g/mol. The summed E-state index contributed by atoms with van der Waals surface area (Å²) >= 11 is 11.9. The fourth-order valence-corrected chi connectivity index (χ4v) is 3.25. The van der Waals surface area contributed by atoms with Gasteiger partial charge in [0.2, 0.25) is 0 Å². The van der Waals surface area contributed by atoms with E-state index < -0.39 is 10.0 Å². The number of rotatable bonds is 6. The van der Waals surface area contributed by atoms with Gasteiger partial charge in [0.1, 0.15) is 5.82 Å². The molecule has 0 fully saturated rings. The minimum Gasteiger partial charge on any atom is -0.332 e. The summed E-state index contributed by atoms with van der Waals surface area (Å²) in [5.74, 6) is 0.635. The van der Waals surface area contributed by atoms with E-state index in [1.54, 1.807) is 18.2 Å². The highest BCUT2D eigenvalue weighted by molar-refractivity contribution is 7.89. The van der Waals surface area contributed by atoms with Crippen LogP contribution in [-0.4, -0.2) is 24.9 Å². The Labute approximate surface area is 133 Å². The van der Waals surface area contributed by atoms with Gasteiger partial charge >= 0.3 is 0 Å². The molecule has 8 heteroatoms. The Balaban J connectivity index is 1.99. The van der Waals surface area contributed by atoms with Crippen molar-refractivity contribution in [1.82, 2.24) is 14.7 Å². The zero-order valence-electron chi connectivity index (χ0n) is 11.4. The lowest BCUT2D eigenvalue weighted by Gasteiger charge is -2.06. The maximum absolute atomic E-state index is 12.1. The molecule has 21 heavy (non-hydrogen) atoms. The highest BCUT2D eigenvalue weighted by Gasteiger charge is 2.16. The monoisotopic (exact) mass is 347 g/mol. The second-order valence-corrected chi connectivity index (χ2v) is 7.01. The minimum atomic E-state index is -3.58. The van der Waals surface area contributed by atoms with E-state index in [0.717, 1.165) is 5.56 Å². The van der Waals surface area contributed by atoms with Crippen LogP contribution in [0.1, 0.15) is 18.3 Å². The van der Waals surface area contributed by atoms with Crippen molar-refractivity contribution in [3.63, 3.8) is 0 Å². The largest absolute Gasteiger partial charge is 0.332 e. The molecule has 0 bridgehead atoms. The zero-order valence-corrected chi connectivity index (χ0v) is 13.7. The van der Waals surface area contributed by atoms with Gasteiger partial charge in [0.25, 0.3) is 10.0 Å². The summed E-state index contributed by atoms with van der Waals surface area (Å²) in [6.45, 7) is 2.13. The number of hydrogen-bond donors (Lipinski definition) is 2. The van der Waals surface area contributed by atoms with Gasteiger partial charge < -0.3 is 4.98 Å². The van der Waals surface area contributed by atoms with E-state index in [0.29, 0.717) is 28.7 Å². The lowest BCUT2D eigenvalue weighted by atomic mass is 10.1. The summed E-state index contributed by atoms with van der Waals surface area (Å²) in [6, 6.07) is 5.14. The van der Waals surface area contributed by atoms with Crippen molar-refractivity contribution in [2.24, 2.45) is 0 Å². The van der Waals surface area contributed by atoms with Gasteiger partial charge in [-0.1, -0.05) is 36.2 Å². The number of benzene rings is 1. The summed E-state index contributed by atoms with van der Waals surface area (Å²) in [4.78, 5) is 6.75. The number of sulfonamides is 1. The van der Waals surface area contributed by atoms with Gasteiger partial charge in [-0.2, -0.15) is 0 Å². The Hall–Kier alpha value is -1.08. The molecule has 1 aromatic carbocycles. The Kier molecular flexibility index (Phi) is 5.27. The third kappa shape index (κ3) is 4.20. The molecule has 0 aliphatic heterocycles. The number of nitrogens with one attached hydrogen (secondary N) is 2. The third-order valence-electron chi connectivity index (χ3n) is 2.93. The predicted molar refractivity (Wildman–Crippen MR) is 83.3 cm³/mol. The van der Waals surface area contributed by atoms with E-state index >= 15 is 0 Å². The van der Waals surface area contributed by atoms with Crippen LogP contribution in [0.5, 0.6) is 0 Å². The first kappa shape index (κ1) is 16.3. The first-order valence-corrected chi connectivity index (χ1v) is 8.63. The van der Waals surface area contributed by atoms with Gasteiger partial charge in [0.15, 0.2) is 5.03 Å². The number of aryl methyl sites for hydroxylation is 1. The highest BCUT2D eigenvalue weighted by Crippen LogP contribution is 2.21. The van der Waals surface area contributed by atoms with Gasteiger partial charge in [0, 0.05) is 23.0 Å². The van der Waals surface area contributed by atoms with Crippen LogP contribution in [-0.2, 0) is 22.9 Å². The number of nitrogens with zero attached hydrogens (tertiary/aromatic N) is 1. The number of halogens is 2. The molecule has 0 spiro atoms. The van der Waals surface area contributed by atoms with Crippen molar-refractivity contribution in [3.05, 3.63) is 45.8 Å². The molecule has 1 aromatic heterocycles. The zero-order chi connectivity index (χ0) is 15.5. The topological polar surface area (TPSA) is 74.8 Å². The van der Waals surface area contributed by atoms with Crippen molar-refractivity contribution in [2.75, 3.05) is 6.54 Å². The number of aromatic amines is 1. The highest BCUT2D eigenvalue weighted by atomic mass is 35.5. The van der Waals surface area contributed by atoms with E-state index in [2.05, 4.69) is 14.7 Å². The molecule has 114 valence electrons. The predicted octanol–water partition coefficient (Wildman–Crippen LogP) is 2.80. The smallest absolute Gasteiger partial charge is 0.257 e. The molecule has 0 aliphatic rings. The summed E-state index contributed by atoms with van der Waals surface area (Å²) in [6.07, 6.45) is 2.44. The molecule has 0 saturated carbocycles. The molecule has 0 atom stereocenters. The molecule has 2 rings (SSSR count). The number of hydrogen-bond acceptors (Lipinski definition) is 3. The van der Waals surface area contributed by atoms with E-state index in [-0.39, 0.29) is 11.6 Å². The molecule has 0 saturated heterocycles. The van der Waals surface area contributed by atoms with Gasteiger partial charge in [-0.3, -0.25) is 0 Å². The third-order valence-corrected chi connectivity index (χ3v) is 4.89. The van der Waals surface area contributed by atoms with Gasteiger partial charge in [0.05, 0.1) is 6.20 Å². The quantitative estimate of drug-likeness (QED) is 0.843. The van der Waals surface area contributed by atoms with Crippen molar-refractivity contribution >= 4 is 33.2 Å². The molecule has 0 aliphatic carbocycles. The SMILES string of the molecule is CCc1ncc(S(=O)(=O)NCCc2ccc(Cl)cc2Cl)[nH]1. The van der Waals surface area contributed by atoms with Crippen LogP contribution >= 0.6 is 23.2 Å². The van der Waals surface area contributed by atoms with E-state index in [1.165, 1.54) is 6.20 Å². The lowest BCUT2D eigenvalue weighted by Crippen LogP contribution is -2.26. The summed E-state index contributed by atoms with van der Waals surface area (Å²) in [5, 5.41) is 1.15. The average Bonchev–Trinajstić information content (AvgIpc) is 2.91. The number of imidazole rings is 1. The van der Waals surface area contributed by atoms with Crippen LogP contribution < -0.4 is 4.72 Å². The van der Waals surface area contributed by atoms with Gasteiger partial charge in [-0.25, -0.2) is 18.1 Å². The van der Waals surface area contributed by atoms with Gasteiger partial charge in [-0.15, -0.1) is 0 Å². The van der Waals surface area contributed by atoms with Crippen molar-refractivity contribution in [2.45, 2.75) is 24.8 Å². The van der Waals surface area contributed by atoms with Crippen molar-refractivity contribution in [3.8, 4) is 0 Å². The molecule has 0 radical (unpaired) electrons. The molecule has 1 heterocycles. The van der Waals surface area contributed by atoms with Crippen LogP contribution in [0.2, 0.25) is 10.0 Å². The molecule has 0 unspecified atom stereocenters. The van der Waals surface area contributed by atoms with E-state index in [1.807, 2.05) is 6.92 Å². The normalized spacial score (nSPS) is 11.8. The van der Waals surface area contributed by atoms with Crippen LogP contribution in [0.15, 0.2) is 29.4 Å². The molecule has 0 amide bonds.